The molecule has 0 radical (unpaired) electrons. The molecule has 1 aromatic heterocycles. The Hall–Kier alpha value is -1.42. The first-order valence-corrected chi connectivity index (χ1v) is 8.24. The van der Waals surface area contributed by atoms with Crippen LogP contribution in [0.1, 0.15) is 37.1 Å². The third kappa shape index (κ3) is 3.62. The monoisotopic (exact) mass is 347 g/mol. The van der Waals surface area contributed by atoms with E-state index in [0.29, 0.717) is 0 Å². The van der Waals surface area contributed by atoms with Crippen LogP contribution in [0.15, 0.2) is 22.7 Å². The lowest BCUT2D eigenvalue weighted by Gasteiger charge is -2.12. The number of aromatic nitrogens is 2. The Morgan fingerprint density at radius 1 is 1.10 bits per heavy atom. The van der Waals surface area contributed by atoms with Crippen LogP contribution in [0.3, 0.4) is 0 Å². The highest BCUT2D eigenvalue weighted by atomic mass is 79.9. The van der Waals surface area contributed by atoms with Gasteiger partial charge in [-0.25, -0.2) is 9.97 Å². The summed E-state index contributed by atoms with van der Waals surface area (Å²) in [6.45, 7) is 9.32. The molecule has 0 spiro atoms. The van der Waals surface area contributed by atoms with Crippen molar-refractivity contribution >= 4 is 21.7 Å². The van der Waals surface area contributed by atoms with Crippen molar-refractivity contribution in [2.24, 2.45) is 0 Å². The summed E-state index contributed by atoms with van der Waals surface area (Å²) in [4.78, 5) is 9.42. The van der Waals surface area contributed by atoms with Crippen molar-refractivity contribution in [3.63, 3.8) is 0 Å². The van der Waals surface area contributed by atoms with Gasteiger partial charge in [-0.3, -0.25) is 0 Å². The minimum atomic E-state index is 0.792. The SMILES string of the molecule is CCCc1nc(-c2ccc(C)c(C)c2)nc(NCC)c1Br. The van der Waals surface area contributed by atoms with Crippen LogP contribution >= 0.6 is 15.9 Å². The Morgan fingerprint density at radius 3 is 2.48 bits per heavy atom. The largest absolute Gasteiger partial charge is 0.369 e. The van der Waals surface area contributed by atoms with Gasteiger partial charge in [-0.1, -0.05) is 25.5 Å². The van der Waals surface area contributed by atoms with E-state index in [1.165, 1.54) is 11.1 Å². The van der Waals surface area contributed by atoms with Crippen LogP contribution in [0.2, 0.25) is 0 Å². The van der Waals surface area contributed by atoms with Crippen LogP contribution in [-0.4, -0.2) is 16.5 Å². The normalized spacial score (nSPS) is 10.7. The van der Waals surface area contributed by atoms with Crippen molar-refractivity contribution in [2.45, 2.75) is 40.5 Å². The Bertz CT molecular complexity index is 611. The third-order valence-corrected chi connectivity index (χ3v) is 4.35. The predicted octanol–water partition coefficient (Wildman–Crippen LogP) is 4.91. The molecule has 0 fully saturated rings. The maximum absolute atomic E-state index is 4.75. The molecule has 1 heterocycles. The van der Waals surface area contributed by atoms with E-state index >= 15 is 0 Å². The molecule has 0 saturated carbocycles. The lowest BCUT2D eigenvalue weighted by atomic mass is 10.1. The second-order valence-electron chi connectivity index (χ2n) is 5.24. The van der Waals surface area contributed by atoms with Crippen LogP contribution in [0.25, 0.3) is 11.4 Å². The fourth-order valence-corrected chi connectivity index (χ4v) is 2.71. The van der Waals surface area contributed by atoms with Crippen LogP contribution < -0.4 is 5.32 Å². The average molecular weight is 348 g/mol. The number of hydrogen-bond donors (Lipinski definition) is 1. The minimum Gasteiger partial charge on any atom is -0.369 e. The van der Waals surface area contributed by atoms with Crippen LogP contribution in [0.4, 0.5) is 5.82 Å². The van der Waals surface area contributed by atoms with E-state index in [-0.39, 0.29) is 0 Å². The molecule has 3 nitrogen and oxygen atoms in total. The zero-order valence-electron chi connectivity index (χ0n) is 13.1. The summed E-state index contributed by atoms with van der Waals surface area (Å²) in [5, 5.41) is 3.31. The van der Waals surface area contributed by atoms with Crippen molar-refractivity contribution < 1.29 is 0 Å². The lowest BCUT2D eigenvalue weighted by molar-refractivity contribution is 0.867. The van der Waals surface area contributed by atoms with Gasteiger partial charge in [-0.15, -0.1) is 0 Å². The topological polar surface area (TPSA) is 37.8 Å². The van der Waals surface area contributed by atoms with Gasteiger partial charge in [0.05, 0.1) is 10.2 Å². The molecule has 1 aromatic carbocycles. The number of nitrogens with zero attached hydrogens (tertiary/aromatic N) is 2. The van der Waals surface area contributed by atoms with Gasteiger partial charge in [0.25, 0.3) is 0 Å². The van der Waals surface area contributed by atoms with E-state index in [9.17, 15) is 0 Å². The molecule has 0 saturated heterocycles. The Balaban J connectivity index is 2.53. The summed E-state index contributed by atoms with van der Waals surface area (Å²) in [5.74, 6) is 1.67. The highest BCUT2D eigenvalue weighted by molar-refractivity contribution is 9.10. The van der Waals surface area contributed by atoms with Crippen LogP contribution in [-0.2, 0) is 6.42 Å². The smallest absolute Gasteiger partial charge is 0.161 e. The highest BCUT2D eigenvalue weighted by Crippen LogP contribution is 2.28. The lowest BCUT2D eigenvalue weighted by Crippen LogP contribution is -2.06. The van der Waals surface area contributed by atoms with Gasteiger partial charge >= 0.3 is 0 Å². The second kappa shape index (κ2) is 7.03. The van der Waals surface area contributed by atoms with E-state index in [1.807, 2.05) is 0 Å². The average Bonchev–Trinajstić information content (AvgIpc) is 2.46. The number of nitrogens with one attached hydrogen (secondary N) is 1. The maximum Gasteiger partial charge on any atom is 0.161 e. The summed E-state index contributed by atoms with van der Waals surface area (Å²) in [5.41, 5.74) is 4.69. The van der Waals surface area contributed by atoms with Crippen molar-refractivity contribution in [1.82, 2.24) is 9.97 Å². The first-order valence-electron chi connectivity index (χ1n) is 7.44. The highest BCUT2D eigenvalue weighted by Gasteiger charge is 2.13. The molecule has 0 amide bonds. The molecule has 0 unspecified atom stereocenters. The number of rotatable bonds is 5. The number of anilines is 1. The number of hydrogen-bond acceptors (Lipinski definition) is 3. The third-order valence-electron chi connectivity index (χ3n) is 3.52. The number of aryl methyl sites for hydroxylation is 3. The minimum absolute atomic E-state index is 0.792. The van der Waals surface area contributed by atoms with Gasteiger partial charge in [-0.2, -0.15) is 0 Å². The first kappa shape index (κ1) is 16.0. The summed E-state index contributed by atoms with van der Waals surface area (Å²) in [6.07, 6.45) is 2.01. The Morgan fingerprint density at radius 2 is 1.86 bits per heavy atom. The molecule has 21 heavy (non-hydrogen) atoms. The molecular weight excluding hydrogens is 326 g/mol. The fraction of sp³-hybridized carbons (Fsp3) is 0.412. The first-order chi connectivity index (χ1) is 10.1. The molecule has 1 N–H and O–H groups in total. The maximum atomic E-state index is 4.75. The molecule has 0 aliphatic heterocycles. The second-order valence-corrected chi connectivity index (χ2v) is 6.03. The van der Waals surface area contributed by atoms with E-state index in [0.717, 1.165) is 46.8 Å². The number of halogens is 1. The molecule has 4 heteroatoms. The quantitative estimate of drug-likeness (QED) is 0.834. The summed E-state index contributed by atoms with van der Waals surface area (Å²) in [6, 6.07) is 6.38. The summed E-state index contributed by atoms with van der Waals surface area (Å²) < 4.78 is 0.985. The molecule has 0 aliphatic rings. The molecular formula is C17H22BrN3. The zero-order valence-corrected chi connectivity index (χ0v) is 14.7. The molecule has 0 atom stereocenters. The van der Waals surface area contributed by atoms with Gasteiger partial charge < -0.3 is 5.32 Å². The fourth-order valence-electron chi connectivity index (χ4n) is 2.19. The van der Waals surface area contributed by atoms with Gasteiger partial charge in [0.2, 0.25) is 0 Å². The predicted molar refractivity (Wildman–Crippen MR) is 92.8 cm³/mol. The van der Waals surface area contributed by atoms with Gasteiger partial charge in [0.15, 0.2) is 5.82 Å². The van der Waals surface area contributed by atoms with Crippen LogP contribution in [0, 0.1) is 13.8 Å². The standard InChI is InChI=1S/C17H22BrN3/c1-5-7-14-15(18)17(19-6-2)21-16(20-14)13-9-8-11(3)12(4)10-13/h8-10H,5-7H2,1-4H3,(H,19,20,21). The van der Waals surface area contributed by atoms with Crippen molar-refractivity contribution in [3.05, 3.63) is 39.5 Å². The van der Waals surface area contributed by atoms with Crippen LogP contribution in [0.5, 0.6) is 0 Å². The molecule has 2 aromatic rings. The molecule has 0 bridgehead atoms. The Labute approximate surface area is 135 Å². The summed E-state index contributed by atoms with van der Waals surface area (Å²) in [7, 11) is 0. The van der Waals surface area contributed by atoms with Crippen molar-refractivity contribution in [2.75, 3.05) is 11.9 Å². The zero-order chi connectivity index (χ0) is 15.4. The van der Waals surface area contributed by atoms with E-state index in [1.54, 1.807) is 0 Å². The van der Waals surface area contributed by atoms with Crippen molar-refractivity contribution in [1.29, 1.82) is 0 Å². The Kier molecular flexibility index (Phi) is 5.34. The molecule has 112 valence electrons. The van der Waals surface area contributed by atoms with E-state index < -0.39 is 0 Å². The summed E-state index contributed by atoms with van der Waals surface area (Å²) >= 11 is 3.63. The van der Waals surface area contributed by atoms with E-state index in [4.69, 9.17) is 4.98 Å². The molecule has 0 aliphatic carbocycles. The van der Waals surface area contributed by atoms with Gasteiger partial charge in [0.1, 0.15) is 5.82 Å². The van der Waals surface area contributed by atoms with Gasteiger partial charge in [0, 0.05) is 12.1 Å². The van der Waals surface area contributed by atoms with Crippen molar-refractivity contribution in [3.8, 4) is 11.4 Å². The molecule has 2 rings (SSSR count). The van der Waals surface area contributed by atoms with Gasteiger partial charge in [-0.05, 0) is 60.3 Å². The van der Waals surface area contributed by atoms with E-state index in [2.05, 4.69) is 72.1 Å². The number of benzene rings is 1.